The average Bonchev–Trinajstić information content (AvgIpc) is 2.37. The molecule has 2 aromatic rings. The van der Waals surface area contributed by atoms with Crippen molar-refractivity contribution in [3.05, 3.63) is 63.3 Å². The summed E-state index contributed by atoms with van der Waals surface area (Å²) in [7, 11) is 0. The highest BCUT2D eigenvalue weighted by Crippen LogP contribution is 2.20. The lowest BCUT2D eigenvalue weighted by Crippen LogP contribution is -2.17. The first-order valence-corrected chi connectivity index (χ1v) is 5.71. The summed E-state index contributed by atoms with van der Waals surface area (Å²) in [6, 6.07) is 2.95. The Balaban J connectivity index is 2.77. The molecule has 0 fully saturated rings. The van der Waals surface area contributed by atoms with Gasteiger partial charge in [0.05, 0.1) is 11.3 Å². The molecular formula is C14H10F3NO2. The van der Waals surface area contributed by atoms with Gasteiger partial charge in [-0.15, -0.1) is 0 Å². The molecule has 0 N–H and O–H groups in total. The number of Topliss-reactive ketones (excluding diaryl/α,β-unsaturated/α-hetero) is 1. The number of aryl methyl sites for hydroxylation is 1. The van der Waals surface area contributed by atoms with Crippen LogP contribution in [0.3, 0.4) is 0 Å². The molecule has 0 saturated carbocycles. The molecule has 0 saturated heterocycles. The average molecular weight is 281 g/mol. The molecule has 0 unspecified atom stereocenters. The summed E-state index contributed by atoms with van der Waals surface area (Å²) in [5.74, 6) is -4.79. The summed E-state index contributed by atoms with van der Waals surface area (Å²) in [4.78, 5) is 22.9. The molecule has 3 nitrogen and oxygen atoms in total. The first-order valence-electron chi connectivity index (χ1n) is 5.71. The van der Waals surface area contributed by atoms with Crippen molar-refractivity contribution in [2.75, 3.05) is 0 Å². The summed E-state index contributed by atoms with van der Waals surface area (Å²) in [5, 5.41) is 0. The molecule has 0 radical (unpaired) electrons. The molecule has 0 aliphatic carbocycles. The van der Waals surface area contributed by atoms with Crippen LogP contribution in [0.15, 0.2) is 29.2 Å². The van der Waals surface area contributed by atoms with Crippen LogP contribution in [0.1, 0.15) is 23.0 Å². The van der Waals surface area contributed by atoms with E-state index in [9.17, 15) is 22.8 Å². The monoisotopic (exact) mass is 281 g/mol. The number of aromatic nitrogens is 1. The van der Waals surface area contributed by atoms with Crippen LogP contribution in [-0.2, 0) is 0 Å². The molecule has 0 amide bonds. The van der Waals surface area contributed by atoms with Crippen molar-refractivity contribution in [3.8, 4) is 5.69 Å². The second-order valence-electron chi connectivity index (χ2n) is 4.31. The second kappa shape index (κ2) is 4.96. The molecular weight excluding hydrogens is 271 g/mol. The maximum absolute atomic E-state index is 13.8. The Morgan fingerprint density at radius 3 is 2.40 bits per heavy atom. The van der Waals surface area contributed by atoms with E-state index in [2.05, 4.69) is 0 Å². The molecule has 0 spiro atoms. The minimum atomic E-state index is -1.61. The molecule has 0 atom stereocenters. The summed E-state index contributed by atoms with van der Waals surface area (Å²) in [6.07, 6.45) is 1.12. The Labute approximate surface area is 112 Å². The number of carbonyl (C=O) groups is 1. The Morgan fingerprint density at radius 2 is 1.80 bits per heavy atom. The Morgan fingerprint density at radius 1 is 1.15 bits per heavy atom. The van der Waals surface area contributed by atoms with Crippen molar-refractivity contribution in [1.82, 2.24) is 4.57 Å². The largest absolute Gasteiger partial charge is 0.317 e. The van der Waals surface area contributed by atoms with Crippen molar-refractivity contribution < 1.29 is 18.0 Å². The number of carbonyl (C=O) groups excluding carboxylic acids is 1. The zero-order valence-electron chi connectivity index (χ0n) is 10.7. The van der Waals surface area contributed by atoms with Crippen LogP contribution < -0.4 is 5.43 Å². The molecule has 1 aromatic heterocycles. The van der Waals surface area contributed by atoms with Crippen LogP contribution in [0, 0.1) is 24.4 Å². The quantitative estimate of drug-likeness (QED) is 0.627. The zero-order valence-corrected chi connectivity index (χ0v) is 10.7. The summed E-state index contributed by atoms with van der Waals surface area (Å²) in [5.41, 5.74) is -0.636. The van der Waals surface area contributed by atoms with Crippen LogP contribution >= 0.6 is 0 Å². The molecule has 20 heavy (non-hydrogen) atoms. The highest BCUT2D eigenvalue weighted by Gasteiger charge is 2.17. The smallest absolute Gasteiger partial charge is 0.196 e. The van der Waals surface area contributed by atoms with E-state index in [-0.39, 0.29) is 11.3 Å². The number of hydrogen-bond acceptors (Lipinski definition) is 2. The van der Waals surface area contributed by atoms with E-state index in [1.165, 1.54) is 13.8 Å². The van der Waals surface area contributed by atoms with E-state index in [0.717, 1.165) is 29.0 Å². The number of hydrogen-bond donors (Lipinski definition) is 0. The lowest BCUT2D eigenvalue weighted by atomic mass is 10.1. The maximum Gasteiger partial charge on any atom is 0.196 e. The van der Waals surface area contributed by atoms with Gasteiger partial charge < -0.3 is 4.57 Å². The maximum atomic E-state index is 13.8. The van der Waals surface area contributed by atoms with Crippen molar-refractivity contribution in [1.29, 1.82) is 0 Å². The Hall–Kier alpha value is -2.37. The molecule has 1 heterocycles. The fourth-order valence-electron chi connectivity index (χ4n) is 1.86. The Bertz CT molecular complexity index is 766. The zero-order chi connectivity index (χ0) is 15.0. The van der Waals surface area contributed by atoms with Crippen molar-refractivity contribution in [2.24, 2.45) is 0 Å². The van der Waals surface area contributed by atoms with Gasteiger partial charge in [0.2, 0.25) is 0 Å². The van der Waals surface area contributed by atoms with Gasteiger partial charge in [0.25, 0.3) is 0 Å². The third kappa shape index (κ3) is 2.24. The third-order valence-corrected chi connectivity index (χ3v) is 2.90. The van der Waals surface area contributed by atoms with E-state index < -0.39 is 28.7 Å². The number of benzene rings is 1. The number of pyridine rings is 1. The molecule has 0 aliphatic heterocycles. The van der Waals surface area contributed by atoms with Crippen LogP contribution in [0.25, 0.3) is 5.69 Å². The number of nitrogens with zero attached hydrogens (tertiary/aromatic N) is 1. The van der Waals surface area contributed by atoms with Crippen molar-refractivity contribution >= 4 is 5.78 Å². The first kappa shape index (κ1) is 14.0. The lowest BCUT2D eigenvalue weighted by molar-refractivity contribution is 0.101. The van der Waals surface area contributed by atoms with Gasteiger partial charge in [-0.25, -0.2) is 13.2 Å². The highest BCUT2D eigenvalue weighted by atomic mass is 19.2. The summed E-state index contributed by atoms with van der Waals surface area (Å²) >= 11 is 0. The van der Waals surface area contributed by atoms with Gasteiger partial charge in [0, 0.05) is 18.0 Å². The van der Waals surface area contributed by atoms with E-state index in [4.69, 9.17) is 0 Å². The van der Waals surface area contributed by atoms with E-state index in [0.29, 0.717) is 5.69 Å². The van der Waals surface area contributed by atoms with Crippen molar-refractivity contribution in [3.63, 3.8) is 0 Å². The van der Waals surface area contributed by atoms with Gasteiger partial charge in [0.15, 0.2) is 28.7 Å². The fourth-order valence-corrected chi connectivity index (χ4v) is 1.86. The number of ketones is 1. The van der Waals surface area contributed by atoms with E-state index >= 15 is 0 Å². The predicted octanol–water partition coefficient (Wildman–Crippen LogP) is 2.77. The molecule has 104 valence electrons. The predicted molar refractivity (Wildman–Crippen MR) is 66.7 cm³/mol. The van der Waals surface area contributed by atoms with E-state index in [1.54, 1.807) is 0 Å². The fraction of sp³-hybridized carbons (Fsp3) is 0.143. The lowest BCUT2D eigenvalue weighted by Gasteiger charge is -2.13. The van der Waals surface area contributed by atoms with Crippen LogP contribution in [0.5, 0.6) is 0 Å². The topological polar surface area (TPSA) is 39.1 Å². The molecule has 0 bridgehead atoms. The highest BCUT2D eigenvalue weighted by molar-refractivity contribution is 5.93. The second-order valence-corrected chi connectivity index (χ2v) is 4.31. The van der Waals surface area contributed by atoms with Gasteiger partial charge in [0.1, 0.15) is 0 Å². The molecule has 1 aromatic carbocycles. The molecule has 0 aliphatic rings. The van der Waals surface area contributed by atoms with Crippen molar-refractivity contribution in [2.45, 2.75) is 13.8 Å². The van der Waals surface area contributed by atoms with Gasteiger partial charge in [-0.05, 0) is 26.0 Å². The van der Waals surface area contributed by atoms with Gasteiger partial charge >= 0.3 is 0 Å². The third-order valence-electron chi connectivity index (χ3n) is 2.90. The summed E-state index contributed by atoms with van der Waals surface area (Å²) in [6.45, 7) is 2.68. The minimum Gasteiger partial charge on any atom is -0.317 e. The van der Waals surface area contributed by atoms with Gasteiger partial charge in [-0.1, -0.05) is 0 Å². The minimum absolute atomic E-state index is 0.153. The summed E-state index contributed by atoms with van der Waals surface area (Å²) < 4.78 is 41.1. The van der Waals surface area contributed by atoms with Crippen LogP contribution in [0.2, 0.25) is 0 Å². The SMILES string of the molecule is CC(=O)c1cn(-c2ccc(F)c(F)c2F)c(C)cc1=O. The van der Waals surface area contributed by atoms with Gasteiger partial charge in [-0.2, -0.15) is 0 Å². The standard InChI is InChI=1S/C14H10F3NO2/c1-7-5-12(20)9(8(2)19)6-18(7)11-4-3-10(15)13(16)14(11)17/h3-6H,1-2H3. The molecule has 6 heteroatoms. The Kier molecular flexibility index (Phi) is 3.48. The first-order chi connectivity index (χ1) is 9.32. The van der Waals surface area contributed by atoms with Crippen LogP contribution in [0.4, 0.5) is 13.2 Å². The normalized spacial score (nSPS) is 10.7. The van der Waals surface area contributed by atoms with E-state index in [1.807, 2.05) is 0 Å². The molecule has 2 rings (SSSR count). The van der Waals surface area contributed by atoms with Crippen LogP contribution in [-0.4, -0.2) is 10.4 Å². The number of rotatable bonds is 2. The number of halogens is 3. The van der Waals surface area contributed by atoms with Gasteiger partial charge in [-0.3, -0.25) is 9.59 Å².